The van der Waals surface area contributed by atoms with Crippen molar-refractivity contribution < 1.29 is 14.3 Å². The number of nitrogens with zero attached hydrogens (tertiary/aromatic N) is 7. The topological polar surface area (TPSA) is 151 Å². The third-order valence-corrected chi connectivity index (χ3v) is 6.89. The van der Waals surface area contributed by atoms with E-state index < -0.39 is 0 Å². The Morgan fingerprint density at radius 2 is 1.89 bits per heavy atom. The highest BCUT2D eigenvalue weighted by atomic mass is 35.5. The second-order valence-corrected chi connectivity index (χ2v) is 9.56. The van der Waals surface area contributed by atoms with E-state index in [4.69, 9.17) is 21.6 Å². The molecule has 2 N–H and O–H groups in total. The minimum atomic E-state index is -0.305. The van der Waals surface area contributed by atoms with Crippen molar-refractivity contribution in [1.82, 2.24) is 40.5 Å². The Bertz CT molecular complexity index is 1340. The fraction of sp³-hybridized carbons (Fsp3) is 0.400. The van der Waals surface area contributed by atoms with Gasteiger partial charge in [-0.1, -0.05) is 11.6 Å². The average Bonchev–Trinajstić information content (AvgIpc) is 3.45. The molecule has 0 bridgehead atoms. The molecule has 2 aromatic heterocycles. The standard InChI is InChI=1S/C25H26ClN9O3/c26-20-13-19(4-1-16(20)14-27)38-18-5-2-17(3-6-18)30-24(36)21-7-8-22(32-31-21)35-15-29-23(33-35)25(37)34-11-9-28-10-12-34/h1,4,7-8,13,15,17-18,28H,2-3,5-6,9-12H2,(H,30,36). The molecule has 0 unspecified atom stereocenters. The minimum Gasteiger partial charge on any atom is -0.490 e. The van der Waals surface area contributed by atoms with Crippen LogP contribution in [0, 0.1) is 11.3 Å². The molecule has 1 aromatic carbocycles. The number of nitrogens with one attached hydrogen (secondary N) is 2. The Hall–Kier alpha value is -4.08. The Kier molecular flexibility index (Phi) is 7.76. The van der Waals surface area contributed by atoms with Gasteiger partial charge in [0.2, 0.25) is 5.82 Å². The van der Waals surface area contributed by atoms with Gasteiger partial charge in [0.15, 0.2) is 11.5 Å². The first-order valence-corrected chi connectivity index (χ1v) is 12.8. The Balaban J connectivity index is 1.11. The second kappa shape index (κ2) is 11.5. The van der Waals surface area contributed by atoms with E-state index in [0.717, 1.165) is 38.8 Å². The molecule has 0 spiro atoms. The molecule has 0 radical (unpaired) electrons. The van der Waals surface area contributed by atoms with Gasteiger partial charge in [-0.2, -0.15) is 5.26 Å². The summed E-state index contributed by atoms with van der Waals surface area (Å²) in [4.78, 5) is 31.1. The minimum absolute atomic E-state index is 0.00209. The van der Waals surface area contributed by atoms with E-state index in [9.17, 15) is 9.59 Å². The summed E-state index contributed by atoms with van der Waals surface area (Å²) < 4.78 is 7.38. The van der Waals surface area contributed by atoms with Crippen LogP contribution in [0.4, 0.5) is 0 Å². The Morgan fingerprint density at radius 1 is 1.11 bits per heavy atom. The number of amides is 2. The lowest BCUT2D eigenvalue weighted by atomic mass is 9.93. The van der Waals surface area contributed by atoms with E-state index in [0.29, 0.717) is 35.2 Å². The van der Waals surface area contributed by atoms with Gasteiger partial charge in [0.25, 0.3) is 11.8 Å². The summed E-state index contributed by atoms with van der Waals surface area (Å²) in [5.74, 6) is 0.548. The van der Waals surface area contributed by atoms with Gasteiger partial charge in [0, 0.05) is 38.3 Å². The van der Waals surface area contributed by atoms with Crippen LogP contribution in [0.15, 0.2) is 36.7 Å². The summed E-state index contributed by atoms with van der Waals surface area (Å²) in [5.41, 5.74) is 0.602. The normalized spacial score (nSPS) is 19.4. The highest BCUT2D eigenvalue weighted by molar-refractivity contribution is 6.31. The first-order valence-electron chi connectivity index (χ1n) is 12.4. The van der Waals surface area contributed by atoms with Crippen molar-refractivity contribution in [1.29, 1.82) is 5.26 Å². The van der Waals surface area contributed by atoms with Crippen molar-refractivity contribution in [2.75, 3.05) is 26.2 Å². The van der Waals surface area contributed by atoms with Crippen molar-refractivity contribution in [2.24, 2.45) is 0 Å². The monoisotopic (exact) mass is 535 g/mol. The number of halogens is 1. The first-order chi connectivity index (χ1) is 18.5. The fourth-order valence-corrected chi connectivity index (χ4v) is 4.70. The van der Waals surface area contributed by atoms with Gasteiger partial charge in [-0.05, 0) is 49.9 Å². The highest BCUT2D eigenvalue weighted by Gasteiger charge is 2.25. The molecule has 196 valence electrons. The summed E-state index contributed by atoms with van der Waals surface area (Å²) in [6.07, 6.45) is 4.48. The maximum atomic E-state index is 12.7. The van der Waals surface area contributed by atoms with Crippen molar-refractivity contribution >= 4 is 23.4 Å². The Morgan fingerprint density at radius 3 is 2.58 bits per heavy atom. The zero-order valence-electron chi connectivity index (χ0n) is 20.5. The van der Waals surface area contributed by atoms with E-state index in [1.165, 1.54) is 11.0 Å². The number of benzene rings is 1. The van der Waals surface area contributed by atoms with Crippen LogP contribution >= 0.6 is 11.6 Å². The van der Waals surface area contributed by atoms with E-state index in [-0.39, 0.29) is 35.5 Å². The van der Waals surface area contributed by atoms with Crippen molar-refractivity contribution in [2.45, 2.75) is 37.8 Å². The van der Waals surface area contributed by atoms with Crippen molar-refractivity contribution in [3.63, 3.8) is 0 Å². The molecule has 2 aliphatic rings. The van der Waals surface area contributed by atoms with Gasteiger partial charge < -0.3 is 20.3 Å². The molecular formula is C25H26ClN9O3. The van der Waals surface area contributed by atoms with Gasteiger partial charge in [-0.3, -0.25) is 9.59 Å². The van der Waals surface area contributed by atoms with Crippen LogP contribution in [0.3, 0.4) is 0 Å². The van der Waals surface area contributed by atoms with Crippen LogP contribution in [-0.2, 0) is 0 Å². The lowest BCUT2D eigenvalue weighted by Gasteiger charge is -2.29. The first kappa shape index (κ1) is 25.6. The third-order valence-electron chi connectivity index (χ3n) is 6.58. The molecule has 0 atom stereocenters. The van der Waals surface area contributed by atoms with Crippen molar-refractivity contribution in [3.05, 3.63) is 58.8 Å². The van der Waals surface area contributed by atoms with Gasteiger partial charge >= 0.3 is 0 Å². The van der Waals surface area contributed by atoms with Crippen LogP contribution in [0.1, 0.15) is 52.4 Å². The summed E-state index contributed by atoms with van der Waals surface area (Å²) in [6.45, 7) is 2.70. The molecule has 13 heteroatoms. The molecule has 2 fully saturated rings. The number of ether oxygens (including phenoxy) is 1. The number of nitriles is 1. The summed E-state index contributed by atoms with van der Waals surface area (Å²) in [6, 6.07) is 10.3. The van der Waals surface area contributed by atoms with Crippen LogP contribution in [0.25, 0.3) is 5.82 Å². The largest absolute Gasteiger partial charge is 0.490 e. The molecule has 5 rings (SSSR count). The number of piperazine rings is 1. The van der Waals surface area contributed by atoms with Gasteiger partial charge in [0.1, 0.15) is 18.1 Å². The molecule has 2 amide bonds. The molecule has 1 aliphatic heterocycles. The third kappa shape index (κ3) is 5.90. The van der Waals surface area contributed by atoms with Crippen LogP contribution in [-0.4, -0.2) is 80.0 Å². The van der Waals surface area contributed by atoms with Gasteiger partial charge in [0.05, 0.1) is 16.7 Å². The molecule has 1 saturated carbocycles. The lowest BCUT2D eigenvalue weighted by Crippen LogP contribution is -2.46. The summed E-state index contributed by atoms with van der Waals surface area (Å²) in [5, 5.41) is 27.9. The number of hydrogen-bond acceptors (Lipinski definition) is 9. The highest BCUT2D eigenvalue weighted by Crippen LogP contribution is 2.27. The van der Waals surface area contributed by atoms with Gasteiger partial charge in [-0.25, -0.2) is 9.67 Å². The molecule has 3 aromatic rings. The lowest BCUT2D eigenvalue weighted by molar-refractivity contribution is 0.0723. The Labute approximate surface area is 224 Å². The second-order valence-electron chi connectivity index (χ2n) is 9.15. The van der Waals surface area contributed by atoms with Crippen LogP contribution < -0.4 is 15.4 Å². The fourth-order valence-electron chi connectivity index (χ4n) is 4.49. The smallest absolute Gasteiger partial charge is 0.293 e. The molecule has 3 heterocycles. The number of rotatable bonds is 6. The molecule has 38 heavy (non-hydrogen) atoms. The average molecular weight is 536 g/mol. The van der Waals surface area contributed by atoms with E-state index in [2.05, 4.69) is 30.9 Å². The number of carbonyl (C=O) groups is 2. The molecule has 12 nitrogen and oxygen atoms in total. The van der Waals surface area contributed by atoms with E-state index in [1.54, 1.807) is 35.2 Å². The van der Waals surface area contributed by atoms with Crippen LogP contribution in [0.5, 0.6) is 5.75 Å². The quantitative estimate of drug-likeness (QED) is 0.481. The molecule has 1 aliphatic carbocycles. The zero-order chi connectivity index (χ0) is 26.5. The predicted molar refractivity (Wildman–Crippen MR) is 136 cm³/mol. The van der Waals surface area contributed by atoms with E-state index in [1.807, 2.05) is 6.07 Å². The van der Waals surface area contributed by atoms with E-state index >= 15 is 0 Å². The van der Waals surface area contributed by atoms with Crippen molar-refractivity contribution in [3.8, 4) is 17.6 Å². The molecular weight excluding hydrogens is 510 g/mol. The maximum Gasteiger partial charge on any atom is 0.293 e. The maximum absolute atomic E-state index is 12.7. The molecule has 1 saturated heterocycles. The van der Waals surface area contributed by atoms with Gasteiger partial charge in [-0.15, -0.1) is 15.3 Å². The predicted octanol–water partition coefficient (Wildman–Crippen LogP) is 1.75. The summed E-state index contributed by atoms with van der Waals surface area (Å²) in [7, 11) is 0. The number of carbonyl (C=O) groups excluding carboxylic acids is 2. The SMILES string of the molecule is N#Cc1ccc(OC2CCC(NC(=O)c3ccc(-n4cnc(C(=O)N5CCNCC5)n4)nn3)CC2)cc1Cl. The zero-order valence-corrected chi connectivity index (χ0v) is 21.3. The number of hydrogen-bond donors (Lipinski definition) is 2. The van der Waals surface area contributed by atoms with Crippen LogP contribution in [0.2, 0.25) is 5.02 Å². The number of aromatic nitrogens is 5. The summed E-state index contributed by atoms with van der Waals surface area (Å²) >= 11 is 6.09.